The standard InChI is InChI=1S/C17H26O3/c1-11(2)14-8-12(3)9-15(10-14)19-13(4)16(18)20-17(5,6)7/h8-11,13H,1-7H3. The van der Waals surface area contributed by atoms with Crippen LogP contribution in [-0.4, -0.2) is 17.7 Å². The molecule has 0 bridgehead atoms. The number of benzene rings is 1. The highest BCUT2D eigenvalue weighted by molar-refractivity contribution is 5.75. The summed E-state index contributed by atoms with van der Waals surface area (Å²) in [4.78, 5) is 11.9. The maximum atomic E-state index is 11.9. The Morgan fingerprint density at radius 3 is 2.20 bits per heavy atom. The minimum atomic E-state index is -0.615. The van der Waals surface area contributed by atoms with Crippen molar-refractivity contribution in [3.63, 3.8) is 0 Å². The SMILES string of the molecule is Cc1cc(OC(C)C(=O)OC(C)(C)C)cc(C(C)C)c1. The number of carbonyl (C=O) groups is 1. The topological polar surface area (TPSA) is 35.5 Å². The van der Waals surface area contributed by atoms with Gasteiger partial charge in [0.2, 0.25) is 0 Å². The number of carbonyl (C=O) groups excluding carboxylic acids is 1. The summed E-state index contributed by atoms with van der Waals surface area (Å²) in [6, 6.07) is 6.06. The fourth-order valence-electron chi connectivity index (χ4n) is 1.81. The molecule has 0 heterocycles. The number of ether oxygens (including phenoxy) is 2. The molecule has 1 unspecified atom stereocenters. The van der Waals surface area contributed by atoms with Crippen molar-refractivity contribution >= 4 is 5.97 Å². The molecule has 0 fully saturated rings. The largest absolute Gasteiger partial charge is 0.479 e. The Morgan fingerprint density at radius 2 is 1.70 bits per heavy atom. The molecule has 1 aromatic rings. The van der Waals surface area contributed by atoms with Crippen LogP contribution in [0, 0.1) is 6.92 Å². The van der Waals surface area contributed by atoms with Crippen LogP contribution < -0.4 is 4.74 Å². The molecule has 20 heavy (non-hydrogen) atoms. The Labute approximate surface area is 122 Å². The zero-order valence-electron chi connectivity index (χ0n) is 13.6. The lowest BCUT2D eigenvalue weighted by Crippen LogP contribution is -2.33. The lowest BCUT2D eigenvalue weighted by molar-refractivity contribution is -0.162. The van der Waals surface area contributed by atoms with Gasteiger partial charge in [-0.25, -0.2) is 4.79 Å². The molecule has 1 rings (SSSR count). The monoisotopic (exact) mass is 278 g/mol. The van der Waals surface area contributed by atoms with Crippen LogP contribution in [0.15, 0.2) is 18.2 Å². The molecule has 112 valence electrons. The second-order valence-electron chi connectivity index (χ2n) is 6.53. The Hall–Kier alpha value is -1.51. The van der Waals surface area contributed by atoms with Crippen LogP contribution in [-0.2, 0) is 9.53 Å². The third-order valence-corrected chi connectivity index (χ3v) is 2.79. The summed E-state index contributed by atoms with van der Waals surface area (Å²) in [5, 5.41) is 0. The van der Waals surface area contributed by atoms with Crippen molar-refractivity contribution in [2.24, 2.45) is 0 Å². The molecule has 0 aromatic heterocycles. The summed E-state index contributed by atoms with van der Waals surface area (Å²) in [5.41, 5.74) is 1.84. The first-order valence-electron chi connectivity index (χ1n) is 7.09. The molecule has 3 heteroatoms. The van der Waals surface area contributed by atoms with Crippen molar-refractivity contribution in [2.75, 3.05) is 0 Å². The number of esters is 1. The zero-order chi connectivity index (χ0) is 15.5. The van der Waals surface area contributed by atoms with Crippen LogP contribution in [0.1, 0.15) is 58.6 Å². The molecule has 0 spiro atoms. The van der Waals surface area contributed by atoms with Gasteiger partial charge in [0.05, 0.1) is 0 Å². The maximum Gasteiger partial charge on any atom is 0.347 e. The first-order chi connectivity index (χ1) is 9.08. The quantitative estimate of drug-likeness (QED) is 0.773. The summed E-state index contributed by atoms with van der Waals surface area (Å²) < 4.78 is 11.0. The van der Waals surface area contributed by atoms with Gasteiger partial charge in [0.15, 0.2) is 6.10 Å². The molecule has 0 amide bonds. The normalized spacial score (nSPS) is 13.2. The molecule has 3 nitrogen and oxygen atoms in total. The summed E-state index contributed by atoms with van der Waals surface area (Å²) in [6.07, 6.45) is -0.615. The molecule has 0 N–H and O–H groups in total. The third-order valence-electron chi connectivity index (χ3n) is 2.79. The van der Waals surface area contributed by atoms with Crippen molar-refractivity contribution in [3.05, 3.63) is 29.3 Å². The molecule has 1 atom stereocenters. The Balaban J connectivity index is 2.80. The van der Waals surface area contributed by atoms with Crippen LogP contribution in [0.3, 0.4) is 0 Å². The fraction of sp³-hybridized carbons (Fsp3) is 0.588. The summed E-state index contributed by atoms with van der Waals surface area (Å²) in [5.74, 6) is 0.797. The van der Waals surface area contributed by atoms with Crippen molar-refractivity contribution in [1.29, 1.82) is 0 Å². The predicted octanol–water partition coefficient (Wildman–Crippen LogP) is 4.23. The van der Waals surface area contributed by atoms with E-state index in [0.717, 1.165) is 5.56 Å². The van der Waals surface area contributed by atoms with Crippen molar-refractivity contribution < 1.29 is 14.3 Å². The van der Waals surface area contributed by atoms with E-state index in [0.29, 0.717) is 11.7 Å². The first-order valence-corrected chi connectivity index (χ1v) is 7.09. The van der Waals surface area contributed by atoms with E-state index >= 15 is 0 Å². The molecular weight excluding hydrogens is 252 g/mol. The lowest BCUT2D eigenvalue weighted by atomic mass is 10.0. The zero-order valence-corrected chi connectivity index (χ0v) is 13.6. The molecular formula is C17H26O3. The van der Waals surface area contributed by atoms with Gasteiger partial charge in [0, 0.05) is 0 Å². The molecule has 1 aromatic carbocycles. The molecule has 0 aliphatic heterocycles. The molecule has 0 saturated heterocycles. The highest BCUT2D eigenvalue weighted by atomic mass is 16.6. The Morgan fingerprint density at radius 1 is 1.10 bits per heavy atom. The van der Waals surface area contributed by atoms with Crippen LogP contribution in [0.25, 0.3) is 0 Å². The second-order valence-corrected chi connectivity index (χ2v) is 6.53. The fourth-order valence-corrected chi connectivity index (χ4v) is 1.81. The van der Waals surface area contributed by atoms with Gasteiger partial charge in [-0.1, -0.05) is 19.9 Å². The minimum Gasteiger partial charge on any atom is -0.479 e. The second kappa shape index (κ2) is 6.29. The molecule has 0 radical (unpaired) electrons. The Bertz CT molecular complexity index is 470. The number of aryl methyl sites for hydroxylation is 1. The van der Waals surface area contributed by atoms with Gasteiger partial charge in [-0.15, -0.1) is 0 Å². The van der Waals surface area contributed by atoms with Crippen LogP contribution in [0.5, 0.6) is 5.75 Å². The van der Waals surface area contributed by atoms with E-state index in [1.54, 1.807) is 6.92 Å². The smallest absolute Gasteiger partial charge is 0.347 e. The number of rotatable bonds is 4. The van der Waals surface area contributed by atoms with E-state index in [-0.39, 0.29) is 5.97 Å². The molecule has 0 aliphatic carbocycles. The number of hydrogen-bond acceptors (Lipinski definition) is 3. The van der Waals surface area contributed by atoms with E-state index in [1.165, 1.54) is 5.56 Å². The maximum absolute atomic E-state index is 11.9. The highest BCUT2D eigenvalue weighted by Gasteiger charge is 2.23. The minimum absolute atomic E-state index is 0.342. The van der Waals surface area contributed by atoms with Gasteiger partial charge >= 0.3 is 5.97 Å². The van der Waals surface area contributed by atoms with Gasteiger partial charge in [-0.3, -0.25) is 0 Å². The van der Waals surface area contributed by atoms with Crippen molar-refractivity contribution in [3.8, 4) is 5.75 Å². The van der Waals surface area contributed by atoms with E-state index < -0.39 is 11.7 Å². The predicted molar refractivity (Wildman–Crippen MR) is 81.2 cm³/mol. The summed E-state index contributed by atoms with van der Waals surface area (Å²) >= 11 is 0. The van der Waals surface area contributed by atoms with E-state index in [1.807, 2.05) is 39.8 Å². The van der Waals surface area contributed by atoms with Crippen LogP contribution in [0.4, 0.5) is 0 Å². The average Bonchev–Trinajstić information content (AvgIpc) is 2.25. The first kappa shape index (κ1) is 16.5. The van der Waals surface area contributed by atoms with E-state index in [2.05, 4.69) is 19.9 Å². The lowest BCUT2D eigenvalue weighted by Gasteiger charge is -2.23. The van der Waals surface area contributed by atoms with Gasteiger partial charge in [0.1, 0.15) is 11.4 Å². The highest BCUT2D eigenvalue weighted by Crippen LogP contribution is 2.24. The summed E-state index contributed by atoms with van der Waals surface area (Å²) in [6.45, 7) is 13.6. The average molecular weight is 278 g/mol. The van der Waals surface area contributed by atoms with Crippen LogP contribution >= 0.6 is 0 Å². The van der Waals surface area contributed by atoms with Gasteiger partial charge in [-0.2, -0.15) is 0 Å². The Kier molecular flexibility index (Phi) is 5.21. The van der Waals surface area contributed by atoms with Gasteiger partial charge in [0.25, 0.3) is 0 Å². The van der Waals surface area contributed by atoms with Gasteiger partial charge < -0.3 is 9.47 Å². The molecule has 0 aliphatic rings. The molecule has 0 saturated carbocycles. The van der Waals surface area contributed by atoms with E-state index in [4.69, 9.17) is 9.47 Å². The van der Waals surface area contributed by atoms with Crippen molar-refractivity contribution in [2.45, 2.75) is 66.1 Å². The summed E-state index contributed by atoms with van der Waals surface area (Å²) in [7, 11) is 0. The van der Waals surface area contributed by atoms with Crippen LogP contribution in [0.2, 0.25) is 0 Å². The third kappa shape index (κ3) is 5.24. The number of hydrogen-bond donors (Lipinski definition) is 0. The van der Waals surface area contributed by atoms with E-state index in [9.17, 15) is 4.79 Å². The van der Waals surface area contributed by atoms with Crippen molar-refractivity contribution in [1.82, 2.24) is 0 Å². The van der Waals surface area contributed by atoms with Gasteiger partial charge in [-0.05, 0) is 63.8 Å².